The molecule has 1 aliphatic rings. The zero-order valence-corrected chi connectivity index (χ0v) is 14.4. The van der Waals surface area contributed by atoms with Gasteiger partial charge in [0.1, 0.15) is 31.9 Å². The molecule has 1 aromatic rings. The first-order valence-electron chi connectivity index (χ1n) is 8.01. The van der Waals surface area contributed by atoms with E-state index >= 15 is 0 Å². The molecule has 1 aliphatic heterocycles. The van der Waals surface area contributed by atoms with Gasteiger partial charge in [0, 0.05) is 24.7 Å². The predicted molar refractivity (Wildman–Crippen MR) is 94.0 cm³/mol. The number of nitrogens with one attached hydrogen (secondary N) is 4. The fraction of sp³-hybridized carbons (Fsp3) is 0.562. The lowest BCUT2D eigenvalue weighted by Gasteiger charge is -2.27. The molecule has 0 amide bonds. The van der Waals surface area contributed by atoms with Gasteiger partial charge in [-0.05, 0) is 24.4 Å². The number of piperazine rings is 1. The highest BCUT2D eigenvalue weighted by atomic mass is 32.1. The maximum Gasteiger partial charge on any atom is 0.170 e. The van der Waals surface area contributed by atoms with Crippen molar-refractivity contribution in [1.29, 1.82) is 0 Å². The molecule has 0 unspecified atom stereocenters. The average molecular weight is 324 g/mol. The molecule has 6 heteroatoms. The van der Waals surface area contributed by atoms with Gasteiger partial charge in [0.2, 0.25) is 0 Å². The van der Waals surface area contributed by atoms with Crippen LogP contribution in [0.1, 0.15) is 6.42 Å². The van der Waals surface area contributed by atoms with E-state index in [1.165, 1.54) is 32.7 Å². The van der Waals surface area contributed by atoms with E-state index in [4.69, 9.17) is 17.0 Å². The normalized spacial score (nSPS) is 21.2. The van der Waals surface area contributed by atoms with Crippen LogP contribution in [0.4, 0.5) is 5.69 Å². The minimum atomic E-state index is 0.672. The Hall–Kier alpha value is -1.37. The maximum atomic E-state index is 5.33. The maximum absolute atomic E-state index is 5.33. The van der Waals surface area contributed by atoms with Crippen LogP contribution in [0.15, 0.2) is 24.3 Å². The van der Waals surface area contributed by atoms with E-state index in [1.54, 1.807) is 16.9 Å². The molecule has 4 N–H and O–H groups in total. The van der Waals surface area contributed by atoms with Crippen LogP contribution in [0.2, 0.25) is 0 Å². The number of likely N-dealkylation sites (N-methyl/N-ethyl adjacent to an activating group) is 1. The van der Waals surface area contributed by atoms with E-state index in [0.717, 1.165) is 24.4 Å². The van der Waals surface area contributed by atoms with Crippen LogP contribution in [-0.4, -0.2) is 58.5 Å². The summed E-state index contributed by atoms with van der Waals surface area (Å²) in [6, 6.07) is 7.78. The Bertz CT molecular complexity index is 475. The number of anilines is 1. The zero-order chi connectivity index (χ0) is 15.8. The molecule has 5 nitrogen and oxygen atoms in total. The standard InChI is InChI=1S/C16H26N4OS/c1-19-9-11-20(12-10-19)8-4-7-17-16(22)18-14-5-3-6-15(13-14)21-2/h3,5-6,13H,4,7-12H2,1-2H3,(H2,17,18,22)/p+2. The van der Waals surface area contributed by atoms with Crippen LogP contribution < -0.4 is 25.2 Å². The Balaban J connectivity index is 1.61. The molecule has 1 aromatic carbocycles. The molecule has 1 saturated heterocycles. The van der Waals surface area contributed by atoms with Crippen LogP contribution in [-0.2, 0) is 0 Å². The molecule has 0 aliphatic carbocycles. The van der Waals surface area contributed by atoms with Gasteiger partial charge in [-0.2, -0.15) is 0 Å². The average Bonchev–Trinajstić information content (AvgIpc) is 2.53. The van der Waals surface area contributed by atoms with E-state index in [1.807, 2.05) is 24.3 Å². The number of ether oxygens (including phenoxy) is 1. The first-order valence-corrected chi connectivity index (χ1v) is 8.42. The summed E-state index contributed by atoms with van der Waals surface area (Å²) >= 11 is 5.33. The summed E-state index contributed by atoms with van der Waals surface area (Å²) in [6.45, 7) is 7.30. The van der Waals surface area contributed by atoms with Crippen molar-refractivity contribution in [1.82, 2.24) is 5.32 Å². The fourth-order valence-corrected chi connectivity index (χ4v) is 2.92. The lowest BCUT2D eigenvalue weighted by atomic mass is 10.3. The molecule has 1 heterocycles. The lowest BCUT2D eigenvalue weighted by molar-refractivity contribution is -1.00. The third-order valence-corrected chi connectivity index (χ3v) is 4.38. The highest BCUT2D eigenvalue weighted by molar-refractivity contribution is 7.80. The molecular formula is C16H28N4OS+2. The van der Waals surface area contributed by atoms with Gasteiger partial charge in [0.25, 0.3) is 0 Å². The van der Waals surface area contributed by atoms with Crippen LogP contribution in [0.5, 0.6) is 5.75 Å². The van der Waals surface area contributed by atoms with Gasteiger partial charge in [-0.15, -0.1) is 0 Å². The first-order chi connectivity index (χ1) is 10.7. The minimum Gasteiger partial charge on any atom is -0.497 e. The smallest absolute Gasteiger partial charge is 0.170 e. The highest BCUT2D eigenvalue weighted by Crippen LogP contribution is 2.16. The second-order valence-electron chi connectivity index (χ2n) is 5.92. The zero-order valence-electron chi connectivity index (χ0n) is 13.6. The van der Waals surface area contributed by atoms with Crippen LogP contribution in [0.3, 0.4) is 0 Å². The molecule has 0 atom stereocenters. The Kier molecular flexibility index (Phi) is 6.89. The van der Waals surface area contributed by atoms with E-state index in [2.05, 4.69) is 17.7 Å². The topological polar surface area (TPSA) is 42.2 Å². The number of benzene rings is 1. The van der Waals surface area contributed by atoms with E-state index in [-0.39, 0.29) is 0 Å². The molecule has 0 bridgehead atoms. The van der Waals surface area contributed by atoms with Gasteiger partial charge in [-0.3, -0.25) is 0 Å². The summed E-state index contributed by atoms with van der Waals surface area (Å²) in [4.78, 5) is 3.38. The third-order valence-electron chi connectivity index (χ3n) is 4.13. The molecule has 2 rings (SSSR count). The SMILES string of the molecule is COc1cccc(NC(=S)NCCC[NH+]2CC[NH+](C)CC2)c1. The van der Waals surface area contributed by atoms with Crippen LogP contribution >= 0.6 is 12.2 Å². The molecule has 0 aromatic heterocycles. The van der Waals surface area contributed by atoms with E-state index < -0.39 is 0 Å². The van der Waals surface area contributed by atoms with Crippen molar-refractivity contribution in [2.75, 3.05) is 58.7 Å². The van der Waals surface area contributed by atoms with Gasteiger partial charge in [-0.25, -0.2) is 0 Å². The number of hydrogen-bond acceptors (Lipinski definition) is 2. The summed E-state index contributed by atoms with van der Waals surface area (Å²) in [5.41, 5.74) is 0.949. The van der Waals surface area contributed by atoms with Crippen molar-refractivity contribution < 1.29 is 14.5 Å². The predicted octanol–water partition coefficient (Wildman–Crippen LogP) is -1.22. The summed E-state index contributed by atoms with van der Waals surface area (Å²) in [7, 11) is 3.94. The van der Waals surface area contributed by atoms with Crippen LogP contribution in [0, 0.1) is 0 Å². The van der Waals surface area contributed by atoms with Crippen molar-refractivity contribution in [2.24, 2.45) is 0 Å². The molecule has 22 heavy (non-hydrogen) atoms. The summed E-state index contributed by atoms with van der Waals surface area (Å²) in [5.74, 6) is 0.827. The second-order valence-corrected chi connectivity index (χ2v) is 6.33. The largest absolute Gasteiger partial charge is 0.497 e. The number of methoxy groups -OCH3 is 1. The highest BCUT2D eigenvalue weighted by Gasteiger charge is 2.18. The van der Waals surface area contributed by atoms with Gasteiger partial charge in [0.15, 0.2) is 5.11 Å². The monoisotopic (exact) mass is 324 g/mol. The molecular weight excluding hydrogens is 296 g/mol. The first kappa shape index (κ1) is 17.0. The van der Waals surface area contributed by atoms with E-state index in [9.17, 15) is 0 Å². The Morgan fingerprint density at radius 1 is 1.27 bits per heavy atom. The Labute approximate surface area is 138 Å². The lowest BCUT2D eigenvalue weighted by Crippen LogP contribution is -3.27. The minimum absolute atomic E-state index is 0.672. The van der Waals surface area contributed by atoms with Crippen LogP contribution in [0.25, 0.3) is 0 Å². The van der Waals surface area contributed by atoms with E-state index in [0.29, 0.717) is 5.11 Å². The van der Waals surface area contributed by atoms with Gasteiger partial charge < -0.3 is 25.2 Å². The number of quaternary nitrogens is 2. The quantitative estimate of drug-likeness (QED) is 0.391. The second kappa shape index (κ2) is 8.92. The molecule has 122 valence electrons. The summed E-state index contributed by atoms with van der Waals surface area (Å²) in [6.07, 6.45) is 1.15. The summed E-state index contributed by atoms with van der Waals surface area (Å²) in [5, 5.41) is 7.14. The van der Waals surface area contributed by atoms with Gasteiger partial charge >= 0.3 is 0 Å². The van der Waals surface area contributed by atoms with Gasteiger partial charge in [0.05, 0.1) is 20.7 Å². The Morgan fingerprint density at radius 2 is 2.05 bits per heavy atom. The number of thiocarbonyl (C=S) groups is 1. The fourth-order valence-electron chi connectivity index (χ4n) is 2.70. The van der Waals surface area contributed by atoms with Crippen molar-refractivity contribution in [3.05, 3.63) is 24.3 Å². The number of hydrogen-bond donors (Lipinski definition) is 4. The molecule has 1 fully saturated rings. The molecule has 0 saturated carbocycles. The van der Waals surface area contributed by atoms with Crippen molar-refractivity contribution in [3.63, 3.8) is 0 Å². The Morgan fingerprint density at radius 3 is 2.77 bits per heavy atom. The van der Waals surface area contributed by atoms with Crippen molar-refractivity contribution in [3.8, 4) is 5.75 Å². The molecule has 0 radical (unpaired) electrons. The summed E-state index contributed by atoms with van der Waals surface area (Å²) < 4.78 is 5.20. The third kappa shape index (κ3) is 5.79. The van der Waals surface area contributed by atoms with Crippen molar-refractivity contribution in [2.45, 2.75) is 6.42 Å². The van der Waals surface area contributed by atoms with Gasteiger partial charge in [-0.1, -0.05) is 6.07 Å². The molecule has 0 spiro atoms. The number of rotatable bonds is 6. The van der Waals surface area contributed by atoms with Crippen molar-refractivity contribution >= 4 is 23.0 Å².